The molecule has 1 heterocycles. The second-order valence-electron chi connectivity index (χ2n) is 6.05. The Labute approximate surface area is 170 Å². The SMILES string of the molecule is Cc1nccn1-c1ccccc1N=Cc1ccc(N(CCCl)CCCl)cc1. The summed E-state index contributed by atoms with van der Waals surface area (Å²) >= 11 is 11.8. The number of aromatic nitrogens is 2. The van der Waals surface area contributed by atoms with Crippen LogP contribution in [0, 0.1) is 6.92 Å². The Morgan fingerprint density at radius 2 is 1.74 bits per heavy atom. The van der Waals surface area contributed by atoms with Gasteiger partial charge in [0.25, 0.3) is 0 Å². The number of aliphatic imine (C=N–C) groups is 1. The average molecular weight is 401 g/mol. The van der Waals surface area contributed by atoms with E-state index in [-0.39, 0.29) is 0 Å². The van der Waals surface area contributed by atoms with Crippen LogP contribution < -0.4 is 4.90 Å². The minimum atomic E-state index is 0.574. The highest BCUT2D eigenvalue weighted by Gasteiger charge is 2.06. The molecule has 0 saturated heterocycles. The second kappa shape index (κ2) is 9.58. The van der Waals surface area contributed by atoms with Crippen molar-refractivity contribution < 1.29 is 0 Å². The van der Waals surface area contributed by atoms with E-state index in [1.54, 1.807) is 6.20 Å². The lowest BCUT2D eigenvalue weighted by atomic mass is 10.2. The summed E-state index contributed by atoms with van der Waals surface area (Å²) < 4.78 is 2.03. The zero-order valence-corrected chi connectivity index (χ0v) is 16.7. The van der Waals surface area contributed by atoms with Crippen molar-refractivity contribution in [2.24, 2.45) is 4.99 Å². The van der Waals surface area contributed by atoms with E-state index < -0.39 is 0 Å². The number of hydrogen-bond acceptors (Lipinski definition) is 3. The monoisotopic (exact) mass is 400 g/mol. The van der Waals surface area contributed by atoms with Gasteiger partial charge in [0.2, 0.25) is 0 Å². The predicted octanol–water partition coefficient (Wildman–Crippen LogP) is 5.22. The summed E-state index contributed by atoms with van der Waals surface area (Å²) in [6.45, 7) is 3.53. The first kappa shape index (κ1) is 19.5. The maximum absolute atomic E-state index is 5.89. The molecule has 0 fully saturated rings. The third-order valence-electron chi connectivity index (χ3n) is 4.29. The van der Waals surface area contributed by atoms with Crippen molar-refractivity contribution in [2.45, 2.75) is 6.92 Å². The van der Waals surface area contributed by atoms with Crippen LogP contribution in [-0.4, -0.2) is 40.6 Å². The summed E-state index contributed by atoms with van der Waals surface area (Å²) in [4.78, 5) is 11.2. The number of nitrogens with zero attached hydrogens (tertiary/aromatic N) is 4. The number of imidazole rings is 1. The fraction of sp³-hybridized carbons (Fsp3) is 0.238. The molecule has 2 aromatic carbocycles. The first-order valence-corrected chi connectivity index (χ1v) is 9.90. The molecule has 0 atom stereocenters. The lowest BCUT2D eigenvalue weighted by molar-refractivity contribution is 0.874. The average Bonchev–Trinajstić information content (AvgIpc) is 3.12. The van der Waals surface area contributed by atoms with E-state index in [2.05, 4.69) is 34.1 Å². The zero-order valence-electron chi connectivity index (χ0n) is 15.2. The van der Waals surface area contributed by atoms with Gasteiger partial charge in [-0.15, -0.1) is 23.2 Å². The molecule has 0 aliphatic heterocycles. The summed E-state index contributed by atoms with van der Waals surface area (Å²) in [6, 6.07) is 16.3. The van der Waals surface area contributed by atoms with Crippen LogP contribution in [0.1, 0.15) is 11.4 Å². The molecule has 1 aromatic heterocycles. The Hall–Kier alpha value is -2.30. The summed E-state index contributed by atoms with van der Waals surface area (Å²) in [6.07, 6.45) is 5.62. The maximum atomic E-state index is 5.89. The molecule has 0 spiro atoms. The topological polar surface area (TPSA) is 33.4 Å². The molecule has 4 nitrogen and oxygen atoms in total. The fourth-order valence-electron chi connectivity index (χ4n) is 2.90. The van der Waals surface area contributed by atoms with Gasteiger partial charge < -0.3 is 9.47 Å². The van der Waals surface area contributed by atoms with Crippen molar-refractivity contribution in [1.29, 1.82) is 0 Å². The summed E-state index contributed by atoms with van der Waals surface area (Å²) in [5.41, 5.74) is 4.06. The van der Waals surface area contributed by atoms with E-state index in [1.165, 1.54) is 0 Å². The van der Waals surface area contributed by atoms with Crippen LogP contribution in [0.2, 0.25) is 0 Å². The minimum absolute atomic E-state index is 0.574. The number of hydrogen-bond donors (Lipinski definition) is 0. The van der Waals surface area contributed by atoms with Crippen LogP contribution >= 0.6 is 23.2 Å². The van der Waals surface area contributed by atoms with Gasteiger partial charge in [-0.2, -0.15) is 0 Å². The van der Waals surface area contributed by atoms with Crippen molar-refractivity contribution in [3.05, 3.63) is 72.3 Å². The van der Waals surface area contributed by atoms with Crippen molar-refractivity contribution in [1.82, 2.24) is 9.55 Å². The van der Waals surface area contributed by atoms with Gasteiger partial charge in [0.15, 0.2) is 0 Å². The smallest absolute Gasteiger partial charge is 0.110 e. The molecule has 0 bridgehead atoms. The Kier molecular flexibility index (Phi) is 6.91. The molecule has 140 valence electrons. The number of halogens is 2. The van der Waals surface area contributed by atoms with E-state index in [1.807, 2.05) is 48.2 Å². The standard InChI is InChI=1S/C21H22Cl2N4/c1-17-24-12-15-27(17)21-5-3-2-4-20(21)25-16-18-6-8-19(9-7-18)26(13-10-22)14-11-23/h2-9,12,15-16H,10-11,13-14H2,1H3. The van der Waals surface area contributed by atoms with E-state index in [0.29, 0.717) is 11.8 Å². The molecule has 6 heteroatoms. The van der Waals surface area contributed by atoms with Gasteiger partial charge >= 0.3 is 0 Å². The third-order valence-corrected chi connectivity index (χ3v) is 4.62. The first-order chi connectivity index (χ1) is 13.2. The van der Waals surface area contributed by atoms with Crippen molar-refractivity contribution in [3.8, 4) is 5.69 Å². The van der Waals surface area contributed by atoms with Crippen LogP contribution in [0.25, 0.3) is 5.69 Å². The van der Waals surface area contributed by atoms with Crippen LogP contribution in [0.4, 0.5) is 11.4 Å². The van der Waals surface area contributed by atoms with E-state index in [9.17, 15) is 0 Å². The zero-order chi connectivity index (χ0) is 19.1. The number of alkyl halides is 2. The molecule has 0 N–H and O–H groups in total. The van der Waals surface area contributed by atoms with Crippen molar-refractivity contribution in [3.63, 3.8) is 0 Å². The van der Waals surface area contributed by atoms with Gasteiger partial charge in [-0.3, -0.25) is 4.99 Å². The number of aryl methyl sites for hydroxylation is 1. The molecule has 0 radical (unpaired) electrons. The van der Waals surface area contributed by atoms with Crippen LogP contribution in [0.5, 0.6) is 0 Å². The number of para-hydroxylation sites is 2. The highest BCUT2D eigenvalue weighted by molar-refractivity contribution is 6.18. The van der Waals surface area contributed by atoms with Gasteiger partial charge in [-0.25, -0.2) is 4.98 Å². The molecule has 0 saturated carbocycles. The van der Waals surface area contributed by atoms with Gasteiger partial charge in [-0.1, -0.05) is 24.3 Å². The minimum Gasteiger partial charge on any atom is -0.369 e. The van der Waals surface area contributed by atoms with Crippen LogP contribution in [-0.2, 0) is 0 Å². The summed E-state index contributed by atoms with van der Waals surface area (Å²) in [5, 5.41) is 0. The largest absolute Gasteiger partial charge is 0.369 e. The number of rotatable bonds is 8. The predicted molar refractivity (Wildman–Crippen MR) is 116 cm³/mol. The number of benzene rings is 2. The van der Waals surface area contributed by atoms with E-state index in [0.717, 1.165) is 41.5 Å². The Morgan fingerprint density at radius 3 is 2.37 bits per heavy atom. The first-order valence-electron chi connectivity index (χ1n) is 8.83. The lowest BCUT2D eigenvalue weighted by Crippen LogP contribution is -2.27. The lowest BCUT2D eigenvalue weighted by Gasteiger charge is -2.22. The van der Waals surface area contributed by atoms with Gasteiger partial charge in [-0.05, 0) is 36.8 Å². The van der Waals surface area contributed by atoms with Gasteiger partial charge in [0.1, 0.15) is 5.82 Å². The van der Waals surface area contributed by atoms with Crippen molar-refractivity contribution >= 4 is 40.8 Å². The molecule has 0 amide bonds. The molecule has 0 aliphatic rings. The second-order valence-corrected chi connectivity index (χ2v) is 6.80. The molecule has 0 unspecified atom stereocenters. The Balaban J connectivity index is 1.80. The quantitative estimate of drug-likeness (QED) is 0.383. The van der Waals surface area contributed by atoms with Crippen molar-refractivity contribution in [2.75, 3.05) is 29.7 Å². The molecule has 3 aromatic rings. The molecular formula is C21H22Cl2N4. The summed E-state index contributed by atoms with van der Waals surface area (Å²) in [7, 11) is 0. The third kappa shape index (κ3) is 4.90. The summed E-state index contributed by atoms with van der Waals surface area (Å²) in [5.74, 6) is 2.08. The molecule has 0 aliphatic carbocycles. The Bertz CT molecular complexity index is 881. The highest BCUT2D eigenvalue weighted by atomic mass is 35.5. The van der Waals surface area contributed by atoms with Crippen LogP contribution in [0.15, 0.2) is 65.9 Å². The molecular weight excluding hydrogens is 379 g/mol. The van der Waals surface area contributed by atoms with Crippen LogP contribution in [0.3, 0.4) is 0 Å². The van der Waals surface area contributed by atoms with Gasteiger partial charge in [0, 0.05) is 49.1 Å². The number of anilines is 1. The fourth-order valence-corrected chi connectivity index (χ4v) is 3.31. The highest BCUT2D eigenvalue weighted by Crippen LogP contribution is 2.24. The normalized spacial score (nSPS) is 11.2. The molecule has 3 rings (SSSR count). The maximum Gasteiger partial charge on any atom is 0.110 e. The van der Waals surface area contributed by atoms with Gasteiger partial charge in [0.05, 0.1) is 11.4 Å². The Morgan fingerprint density at radius 1 is 1.04 bits per heavy atom. The molecule has 27 heavy (non-hydrogen) atoms. The van der Waals surface area contributed by atoms with E-state index in [4.69, 9.17) is 28.2 Å². The van der Waals surface area contributed by atoms with E-state index >= 15 is 0 Å².